The van der Waals surface area contributed by atoms with Gasteiger partial charge >= 0.3 is 5.97 Å². The van der Waals surface area contributed by atoms with Crippen LogP contribution in [0.4, 0.5) is 0 Å². The Hall–Kier alpha value is -2.55. The summed E-state index contributed by atoms with van der Waals surface area (Å²) in [6, 6.07) is 16.2. The van der Waals surface area contributed by atoms with Crippen LogP contribution in [0.1, 0.15) is 70.3 Å². The number of carbonyl (C=O) groups is 1. The summed E-state index contributed by atoms with van der Waals surface area (Å²) >= 11 is 0. The van der Waals surface area contributed by atoms with Gasteiger partial charge in [-0.1, -0.05) is 88.3 Å². The van der Waals surface area contributed by atoms with E-state index in [1.165, 1.54) is 57.8 Å². The van der Waals surface area contributed by atoms with E-state index < -0.39 is 5.97 Å². The molecule has 2 aromatic carbocycles. The Morgan fingerprint density at radius 2 is 1.52 bits per heavy atom. The van der Waals surface area contributed by atoms with Crippen LogP contribution in [0, 0.1) is 11.8 Å². The fourth-order valence-corrected chi connectivity index (χ4v) is 4.46. The van der Waals surface area contributed by atoms with E-state index in [0.29, 0.717) is 5.92 Å². The lowest BCUT2D eigenvalue weighted by Crippen LogP contribution is -2.20. The number of benzene rings is 2. The predicted molar refractivity (Wildman–Crippen MR) is 128 cm³/mol. The molecule has 0 aromatic heterocycles. The number of hydrogen-bond donors (Lipinski definition) is 1. The van der Waals surface area contributed by atoms with Crippen LogP contribution >= 0.6 is 0 Å². The summed E-state index contributed by atoms with van der Waals surface area (Å²) in [6.45, 7) is 3.10. The van der Waals surface area contributed by atoms with Gasteiger partial charge in [-0.05, 0) is 59.6 Å². The largest absolute Gasteiger partial charge is 0.493 e. The average Bonchev–Trinajstić information content (AvgIpc) is 2.81. The van der Waals surface area contributed by atoms with Gasteiger partial charge in [0.05, 0.1) is 6.61 Å². The normalized spacial score (nSPS) is 18.9. The minimum absolute atomic E-state index is 0.693. The lowest BCUT2D eigenvalue weighted by Gasteiger charge is -2.28. The fraction of sp³-hybridized carbons (Fsp3) is 0.464. The zero-order valence-corrected chi connectivity index (χ0v) is 18.8. The van der Waals surface area contributed by atoms with Crippen molar-refractivity contribution in [1.82, 2.24) is 0 Å². The summed E-state index contributed by atoms with van der Waals surface area (Å²) in [5, 5.41) is 8.72. The summed E-state index contributed by atoms with van der Waals surface area (Å²) in [5.74, 6) is 1.64. The minimum Gasteiger partial charge on any atom is -0.493 e. The van der Waals surface area contributed by atoms with Crippen molar-refractivity contribution in [3.8, 4) is 16.9 Å². The van der Waals surface area contributed by atoms with Crippen molar-refractivity contribution < 1.29 is 14.6 Å². The maximum absolute atomic E-state index is 10.6. The first-order chi connectivity index (χ1) is 15.1. The van der Waals surface area contributed by atoms with Gasteiger partial charge in [0.15, 0.2) is 0 Å². The molecule has 0 bridgehead atoms. The Bertz CT molecular complexity index is 812. The van der Waals surface area contributed by atoms with Crippen LogP contribution in [0.5, 0.6) is 5.75 Å². The zero-order valence-electron chi connectivity index (χ0n) is 18.8. The first kappa shape index (κ1) is 23.1. The molecule has 3 heteroatoms. The van der Waals surface area contributed by atoms with Gasteiger partial charge in [0.1, 0.15) is 5.75 Å². The number of ether oxygens (including phenoxy) is 1. The van der Waals surface area contributed by atoms with Crippen LogP contribution in [0.25, 0.3) is 17.2 Å². The monoisotopic (exact) mass is 420 g/mol. The van der Waals surface area contributed by atoms with E-state index >= 15 is 0 Å². The van der Waals surface area contributed by atoms with Crippen LogP contribution in [0.2, 0.25) is 0 Å². The molecule has 1 saturated carbocycles. The Balaban J connectivity index is 1.41. The smallest absolute Gasteiger partial charge is 0.328 e. The van der Waals surface area contributed by atoms with E-state index in [1.807, 2.05) is 36.4 Å². The molecule has 3 nitrogen and oxygen atoms in total. The molecule has 1 aliphatic rings. The molecule has 0 aliphatic heterocycles. The van der Waals surface area contributed by atoms with Gasteiger partial charge in [-0.25, -0.2) is 4.79 Å². The summed E-state index contributed by atoms with van der Waals surface area (Å²) in [4.78, 5) is 10.6. The molecule has 1 aliphatic carbocycles. The Morgan fingerprint density at radius 1 is 0.903 bits per heavy atom. The third kappa shape index (κ3) is 7.90. The highest BCUT2D eigenvalue weighted by Crippen LogP contribution is 2.32. The van der Waals surface area contributed by atoms with E-state index in [9.17, 15) is 4.79 Å². The number of aliphatic carboxylic acids is 1. The zero-order chi connectivity index (χ0) is 21.9. The maximum Gasteiger partial charge on any atom is 0.328 e. The topological polar surface area (TPSA) is 46.5 Å². The van der Waals surface area contributed by atoms with E-state index in [0.717, 1.165) is 41.0 Å². The fourth-order valence-electron chi connectivity index (χ4n) is 4.46. The average molecular weight is 421 g/mol. The van der Waals surface area contributed by atoms with Crippen molar-refractivity contribution in [3.63, 3.8) is 0 Å². The second-order valence-electron chi connectivity index (χ2n) is 8.87. The Kier molecular flexibility index (Phi) is 9.20. The second kappa shape index (κ2) is 12.3. The summed E-state index contributed by atoms with van der Waals surface area (Å²) in [6.07, 6.45) is 15.1. The highest BCUT2D eigenvalue weighted by molar-refractivity contribution is 5.85. The second-order valence-corrected chi connectivity index (χ2v) is 8.87. The molecule has 0 heterocycles. The quantitative estimate of drug-likeness (QED) is 0.300. The van der Waals surface area contributed by atoms with Gasteiger partial charge in [0.25, 0.3) is 0 Å². The SMILES string of the molecule is CCCCCC[C@H]1CC[C@H](COc2ccc(-c3ccc(/C=C/C(=O)O)cc3)cc2)CC1. The minimum atomic E-state index is -0.935. The van der Waals surface area contributed by atoms with Crippen molar-refractivity contribution in [2.75, 3.05) is 6.61 Å². The van der Waals surface area contributed by atoms with E-state index in [-0.39, 0.29) is 0 Å². The molecule has 0 saturated heterocycles. The number of carboxylic acid groups (broad SMARTS) is 1. The van der Waals surface area contributed by atoms with Crippen molar-refractivity contribution in [2.45, 2.75) is 64.7 Å². The van der Waals surface area contributed by atoms with Crippen LogP contribution < -0.4 is 4.74 Å². The molecule has 1 fully saturated rings. The van der Waals surface area contributed by atoms with E-state index in [1.54, 1.807) is 6.08 Å². The van der Waals surface area contributed by atoms with Crippen LogP contribution in [0.15, 0.2) is 54.6 Å². The van der Waals surface area contributed by atoms with Gasteiger partial charge in [-0.2, -0.15) is 0 Å². The number of hydrogen-bond acceptors (Lipinski definition) is 2. The molecule has 0 unspecified atom stereocenters. The number of unbranched alkanes of at least 4 members (excludes halogenated alkanes) is 3. The third-order valence-electron chi connectivity index (χ3n) is 6.43. The lowest BCUT2D eigenvalue weighted by molar-refractivity contribution is -0.131. The predicted octanol–water partition coefficient (Wildman–Crippen LogP) is 7.61. The van der Waals surface area contributed by atoms with Gasteiger partial charge in [-0.15, -0.1) is 0 Å². The molecular weight excluding hydrogens is 384 g/mol. The highest BCUT2D eigenvalue weighted by atomic mass is 16.5. The molecule has 0 amide bonds. The van der Waals surface area contributed by atoms with Gasteiger partial charge in [-0.3, -0.25) is 0 Å². The Labute approximate surface area is 187 Å². The molecule has 1 N–H and O–H groups in total. The first-order valence-corrected chi connectivity index (χ1v) is 11.9. The summed E-state index contributed by atoms with van der Waals surface area (Å²) < 4.78 is 6.09. The summed E-state index contributed by atoms with van der Waals surface area (Å²) in [5.41, 5.74) is 3.11. The maximum atomic E-state index is 10.6. The molecule has 3 rings (SSSR count). The van der Waals surface area contributed by atoms with Crippen molar-refractivity contribution in [1.29, 1.82) is 0 Å². The highest BCUT2D eigenvalue weighted by Gasteiger charge is 2.21. The lowest BCUT2D eigenvalue weighted by atomic mass is 9.80. The van der Waals surface area contributed by atoms with Crippen molar-refractivity contribution in [3.05, 3.63) is 60.2 Å². The van der Waals surface area contributed by atoms with Crippen molar-refractivity contribution >= 4 is 12.0 Å². The van der Waals surface area contributed by atoms with Crippen molar-refractivity contribution in [2.24, 2.45) is 11.8 Å². The van der Waals surface area contributed by atoms with Crippen LogP contribution in [-0.4, -0.2) is 17.7 Å². The number of rotatable bonds is 11. The summed E-state index contributed by atoms with van der Waals surface area (Å²) in [7, 11) is 0. The number of carboxylic acids is 1. The van der Waals surface area contributed by atoms with Gasteiger partial charge in [0, 0.05) is 6.08 Å². The van der Waals surface area contributed by atoms with Crippen LogP contribution in [0.3, 0.4) is 0 Å². The van der Waals surface area contributed by atoms with E-state index in [2.05, 4.69) is 19.1 Å². The molecule has 31 heavy (non-hydrogen) atoms. The first-order valence-electron chi connectivity index (χ1n) is 11.9. The van der Waals surface area contributed by atoms with Gasteiger partial charge < -0.3 is 9.84 Å². The molecule has 0 spiro atoms. The van der Waals surface area contributed by atoms with Gasteiger partial charge in [0.2, 0.25) is 0 Å². The Morgan fingerprint density at radius 3 is 2.13 bits per heavy atom. The third-order valence-corrected chi connectivity index (χ3v) is 6.43. The molecule has 0 atom stereocenters. The van der Waals surface area contributed by atoms with E-state index in [4.69, 9.17) is 9.84 Å². The molecular formula is C28H36O3. The molecule has 166 valence electrons. The van der Waals surface area contributed by atoms with Crippen LogP contribution in [-0.2, 0) is 4.79 Å². The standard InChI is InChI=1S/C28H36O3/c1-2-3-4-5-6-22-7-9-24(10-8-22)21-31-27-18-16-26(17-19-27)25-14-11-23(12-15-25)13-20-28(29)30/h11-20,22,24H,2-10,21H2,1H3,(H,29,30)/b20-13+/t22-,24-. The molecule has 2 aromatic rings. The molecule has 0 radical (unpaired) electrons.